The Labute approximate surface area is 279 Å². The first-order chi connectivity index (χ1) is 22.6. The van der Waals surface area contributed by atoms with Crippen LogP contribution in [0.2, 0.25) is 0 Å². The molecule has 2 amide bonds. The van der Waals surface area contributed by atoms with Gasteiger partial charge in [-0.3, -0.25) is 9.59 Å². The summed E-state index contributed by atoms with van der Waals surface area (Å²) in [4.78, 5) is 41.7. The molecule has 2 heterocycles. The van der Waals surface area contributed by atoms with Crippen LogP contribution in [0.1, 0.15) is 98.6 Å². The smallest absolute Gasteiger partial charge is 0.270 e. The maximum atomic E-state index is 13.3. The summed E-state index contributed by atoms with van der Waals surface area (Å²) in [7, 11) is 3.87. The lowest BCUT2D eigenvalue weighted by Gasteiger charge is -2.39. The number of carbonyl (C=O) groups excluding carboxylic acids is 2. The number of nitrogens with one attached hydrogen (secondary N) is 3. The van der Waals surface area contributed by atoms with E-state index in [2.05, 4.69) is 66.0 Å². The molecule has 9 nitrogen and oxygen atoms in total. The van der Waals surface area contributed by atoms with Crippen molar-refractivity contribution in [3.05, 3.63) is 94.6 Å². The van der Waals surface area contributed by atoms with Gasteiger partial charge in [0.25, 0.3) is 5.91 Å². The molecule has 0 bridgehead atoms. The number of nitrogens with zero attached hydrogens (tertiary/aromatic N) is 4. The third-order valence-corrected chi connectivity index (χ3v) is 9.17. The highest BCUT2D eigenvalue weighted by Crippen LogP contribution is 2.36. The van der Waals surface area contributed by atoms with E-state index >= 15 is 0 Å². The molecule has 3 aromatic rings. The van der Waals surface area contributed by atoms with Crippen LogP contribution in [0.5, 0.6) is 0 Å². The summed E-state index contributed by atoms with van der Waals surface area (Å²) in [5, 5.41) is 9.66. The van der Waals surface area contributed by atoms with E-state index in [9.17, 15) is 9.59 Å². The van der Waals surface area contributed by atoms with Crippen molar-refractivity contribution in [1.82, 2.24) is 25.2 Å². The Kier molecular flexibility index (Phi) is 11.2. The van der Waals surface area contributed by atoms with Gasteiger partial charge in [-0.1, -0.05) is 42.8 Å². The number of fused-ring (bicyclic) bond motifs is 1. The molecule has 1 fully saturated rings. The van der Waals surface area contributed by atoms with Gasteiger partial charge >= 0.3 is 0 Å². The molecule has 3 N–H and O–H groups in total. The van der Waals surface area contributed by atoms with Crippen molar-refractivity contribution in [2.75, 3.05) is 31.3 Å². The molecule has 0 unspecified atom stereocenters. The zero-order chi connectivity index (χ0) is 33.4. The fourth-order valence-corrected chi connectivity index (χ4v) is 6.72. The highest BCUT2D eigenvalue weighted by Gasteiger charge is 2.34. The number of aryl methyl sites for hydroxylation is 2. The summed E-state index contributed by atoms with van der Waals surface area (Å²) < 4.78 is 0. The fraction of sp³-hybridized carbons (Fsp3) is 0.447. The largest absolute Gasteiger partial charge is 0.351 e. The summed E-state index contributed by atoms with van der Waals surface area (Å²) in [6, 6.07) is 12.2. The molecular weight excluding hydrogens is 586 g/mol. The van der Waals surface area contributed by atoms with E-state index in [0.717, 1.165) is 56.2 Å². The quantitative estimate of drug-likeness (QED) is 0.216. The first-order valence-electron chi connectivity index (χ1n) is 17.0. The first kappa shape index (κ1) is 34.0. The molecule has 9 heteroatoms. The minimum absolute atomic E-state index is 0.111. The standard InChI is InChI=1S/C38H49N7O2/c1-6-27-24-40-37(43-35(27)34-26(2)13-7-8-14-28-15-9-10-17-31(28)34)42-29-16-11-21-38(3,23-29)44-36(47)32-20-19-30(25-39-32)41-33(46)18-12-22-45(4)5/h9-10,12,15,17-20,24-25,29H,6-8,11,13-14,16,21-23H2,1-5H3,(H,41,46)(H,44,47)(H,40,42,43)/b18-12+,34-26+/t29-,38+/m1/s1. The second-order valence-corrected chi connectivity index (χ2v) is 13.5. The number of hydrogen-bond donors (Lipinski definition) is 3. The van der Waals surface area contributed by atoms with Crippen LogP contribution in [0.15, 0.2) is 66.5 Å². The van der Waals surface area contributed by atoms with E-state index < -0.39 is 5.54 Å². The molecule has 0 radical (unpaired) electrons. The molecule has 0 saturated heterocycles. The van der Waals surface area contributed by atoms with Gasteiger partial charge in [0.05, 0.1) is 17.6 Å². The third-order valence-electron chi connectivity index (χ3n) is 9.17. The normalized spacial score (nSPS) is 21.5. The number of likely N-dealkylation sites (N-methyl/N-ethyl adjacent to an activating group) is 1. The van der Waals surface area contributed by atoms with Crippen LogP contribution in [-0.2, 0) is 17.6 Å². The van der Waals surface area contributed by atoms with Crippen molar-refractivity contribution >= 4 is 29.0 Å². The summed E-state index contributed by atoms with van der Waals surface area (Å²) in [5.74, 6) is 0.169. The number of allylic oxidation sites excluding steroid dienone is 1. The molecule has 1 saturated carbocycles. The molecule has 2 aliphatic rings. The van der Waals surface area contributed by atoms with Crippen molar-refractivity contribution in [2.45, 2.75) is 90.1 Å². The van der Waals surface area contributed by atoms with E-state index in [1.165, 1.54) is 47.4 Å². The van der Waals surface area contributed by atoms with Gasteiger partial charge in [0, 0.05) is 36.0 Å². The minimum Gasteiger partial charge on any atom is -0.351 e. The van der Waals surface area contributed by atoms with Crippen molar-refractivity contribution in [2.24, 2.45) is 0 Å². The minimum atomic E-state index is -0.414. The van der Waals surface area contributed by atoms with Gasteiger partial charge in [-0.25, -0.2) is 15.0 Å². The highest BCUT2D eigenvalue weighted by molar-refractivity contribution is 5.99. The van der Waals surface area contributed by atoms with Gasteiger partial charge in [0.15, 0.2) is 0 Å². The lowest BCUT2D eigenvalue weighted by Crippen LogP contribution is -2.51. The molecule has 47 heavy (non-hydrogen) atoms. The number of anilines is 2. The van der Waals surface area contributed by atoms with E-state index in [1.807, 2.05) is 25.2 Å². The van der Waals surface area contributed by atoms with Crippen molar-refractivity contribution in [3.63, 3.8) is 0 Å². The number of hydrogen-bond acceptors (Lipinski definition) is 7. The molecule has 5 rings (SSSR count). The Morgan fingerprint density at radius 2 is 1.85 bits per heavy atom. The SMILES string of the molecule is CCc1cnc(N[C@@H]2CCC[C@](C)(NC(=O)c3ccc(NC(=O)/C=C/CN(C)C)cn3)C2)nc1/C1=C(\C)CCCCc2ccccc21. The molecule has 2 aromatic heterocycles. The Morgan fingerprint density at radius 3 is 2.62 bits per heavy atom. The topological polar surface area (TPSA) is 112 Å². The highest BCUT2D eigenvalue weighted by atomic mass is 16.2. The summed E-state index contributed by atoms with van der Waals surface area (Å²) in [6.45, 7) is 7.19. The number of carbonyl (C=O) groups is 2. The van der Waals surface area contributed by atoms with E-state index in [0.29, 0.717) is 23.9 Å². The van der Waals surface area contributed by atoms with Gasteiger partial charge in [-0.05, 0) is 115 Å². The van der Waals surface area contributed by atoms with Crippen LogP contribution in [0.25, 0.3) is 5.57 Å². The number of benzene rings is 1. The monoisotopic (exact) mass is 635 g/mol. The second-order valence-electron chi connectivity index (χ2n) is 13.5. The fourth-order valence-electron chi connectivity index (χ4n) is 6.72. The molecule has 2 aliphatic carbocycles. The maximum absolute atomic E-state index is 13.3. The van der Waals surface area contributed by atoms with Gasteiger partial charge in [-0.2, -0.15) is 0 Å². The van der Waals surface area contributed by atoms with Crippen LogP contribution in [0.3, 0.4) is 0 Å². The van der Waals surface area contributed by atoms with Crippen molar-refractivity contribution < 1.29 is 9.59 Å². The lowest BCUT2D eigenvalue weighted by molar-refractivity contribution is -0.111. The van der Waals surface area contributed by atoms with Crippen LogP contribution >= 0.6 is 0 Å². The predicted molar refractivity (Wildman–Crippen MR) is 189 cm³/mol. The Balaban J connectivity index is 1.26. The number of rotatable bonds is 10. The van der Waals surface area contributed by atoms with Crippen molar-refractivity contribution in [1.29, 1.82) is 0 Å². The van der Waals surface area contributed by atoms with E-state index in [-0.39, 0.29) is 17.9 Å². The summed E-state index contributed by atoms with van der Waals surface area (Å²) in [6.07, 6.45) is 15.7. The van der Waals surface area contributed by atoms with E-state index in [1.54, 1.807) is 18.2 Å². The average molecular weight is 636 g/mol. The van der Waals surface area contributed by atoms with Crippen LogP contribution in [0, 0.1) is 0 Å². The van der Waals surface area contributed by atoms with Crippen LogP contribution in [0.4, 0.5) is 11.6 Å². The van der Waals surface area contributed by atoms with Gasteiger partial charge in [0.1, 0.15) is 5.69 Å². The van der Waals surface area contributed by atoms with Crippen LogP contribution in [-0.4, -0.2) is 63.9 Å². The Morgan fingerprint density at radius 1 is 1.04 bits per heavy atom. The number of pyridine rings is 1. The Hall–Kier alpha value is -4.37. The Bertz CT molecular complexity index is 1630. The molecule has 1 aromatic carbocycles. The summed E-state index contributed by atoms with van der Waals surface area (Å²) >= 11 is 0. The second kappa shape index (κ2) is 15.5. The van der Waals surface area contributed by atoms with Gasteiger partial charge in [-0.15, -0.1) is 0 Å². The molecule has 0 spiro atoms. The van der Waals surface area contributed by atoms with Gasteiger partial charge in [0.2, 0.25) is 11.9 Å². The van der Waals surface area contributed by atoms with Gasteiger partial charge < -0.3 is 20.9 Å². The maximum Gasteiger partial charge on any atom is 0.270 e. The molecular formula is C38H49N7O2. The van der Waals surface area contributed by atoms with Crippen LogP contribution < -0.4 is 16.0 Å². The molecule has 248 valence electrons. The molecule has 0 aliphatic heterocycles. The lowest BCUT2D eigenvalue weighted by atomic mass is 9.80. The zero-order valence-electron chi connectivity index (χ0n) is 28.5. The van der Waals surface area contributed by atoms with E-state index in [4.69, 9.17) is 9.97 Å². The zero-order valence-corrected chi connectivity index (χ0v) is 28.5. The summed E-state index contributed by atoms with van der Waals surface area (Å²) in [5.41, 5.74) is 7.93. The third kappa shape index (κ3) is 8.92. The number of amides is 2. The first-order valence-corrected chi connectivity index (χ1v) is 17.0. The molecule has 2 atom stereocenters. The number of aromatic nitrogens is 3. The predicted octanol–water partition coefficient (Wildman–Crippen LogP) is 6.58. The van der Waals surface area contributed by atoms with Crippen molar-refractivity contribution in [3.8, 4) is 0 Å². The average Bonchev–Trinajstić information content (AvgIpc) is 3.03.